The van der Waals surface area contributed by atoms with Crippen molar-refractivity contribution in [2.75, 3.05) is 39.5 Å². The molecule has 0 bridgehead atoms. The third-order valence-electron chi connectivity index (χ3n) is 4.26. The molecule has 1 aliphatic rings. The van der Waals surface area contributed by atoms with E-state index in [0.29, 0.717) is 41.8 Å². The van der Waals surface area contributed by atoms with E-state index in [-0.39, 0.29) is 12.2 Å². The molecule has 0 aromatic carbocycles. The summed E-state index contributed by atoms with van der Waals surface area (Å²) in [5.41, 5.74) is -0.630. The van der Waals surface area contributed by atoms with Crippen molar-refractivity contribution in [1.82, 2.24) is 14.5 Å². The fraction of sp³-hybridized carbons (Fsp3) is 0.471. The Morgan fingerprint density at radius 1 is 1.38 bits per heavy atom. The van der Waals surface area contributed by atoms with Crippen molar-refractivity contribution in [2.24, 2.45) is 0 Å². The highest BCUT2D eigenvalue weighted by Gasteiger charge is 2.24. The molecule has 1 aliphatic heterocycles. The second-order valence-corrected chi connectivity index (χ2v) is 6.80. The van der Waals surface area contributed by atoms with Gasteiger partial charge in [0, 0.05) is 36.8 Å². The molecular formula is C17H20BrN3O5. The summed E-state index contributed by atoms with van der Waals surface area (Å²) in [5.74, 6) is -1.24. The number of morpholine rings is 1. The molecule has 0 atom stereocenters. The van der Waals surface area contributed by atoms with Crippen LogP contribution in [0.5, 0.6) is 5.75 Å². The Hall–Kier alpha value is -1.97. The number of hydrogen-bond acceptors (Lipinski definition) is 7. The minimum Gasteiger partial charge on any atom is -0.506 e. The third kappa shape index (κ3) is 3.74. The van der Waals surface area contributed by atoms with Gasteiger partial charge >= 0.3 is 5.97 Å². The van der Waals surface area contributed by atoms with E-state index in [4.69, 9.17) is 9.47 Å². The first-order valence-electron chi connectivity index (χ1n) is 8.41. The second kappa shape index (κ2) is 8.15. The minimum atomic E-state index is -0.836. The lowest BCUT2D eigenvalue weighted by molar-refractivity contribution is 0.0364. The number of aromatic nitrogens is 2. The van der Waals surface area contributed by atoms with E-state index >= 15 is 0 Å². The lowest BCUT2D eigenvalue weighted by atomic mass is 10.1. The molecule has 1 saturated heterocycles. The van der Waals surface area contributed by atoms with E-state index in [1.807, 2.05) is 0 Å². The highest BCUT2D eigenvalue weighted by atomic mass is 79.9. The van der Waals surface area contributed by atoms with E-state index in [1.165, 1.54) is 4.57 Å². The van der Waals surface area contributed by atoms with Crippen LogP contribution >= 0.6 is 15.9 Å². The molecule has 2 aromatic heterocycles. The fourth-order valence-corrected chi connectivity index (χ4v) is 3.28. The van der Waals surface area contributed by atoms with Crippen molar-refractivity contribution in [2.45, 2.75) is 13.5 Å². The topological polar surface area (TPSA) is 93.9 Å². The molecule has 0 amide bonds. The molecule has 0 spiro atoms. The van der Waals surface area contributed by atoms with Crippen LogP contribution in [0.25, 0.3) is 11.0 Å². The zero-order chi connectivity index (χ0) is 18.7. The Morgan fingerprint density at radius 2 is 2.12 bits per heavy atom. The number of halogens is 1. The van der Waals surface area contributed by atoms with Crippen molar-refractivity contribution in [3.05, 3.63) is 32.7 Å². The quantitative estimate of drug-likeness (QED) is 0.722. The van der Waals surface area contributed by atoms with Crippen molar-refractivity contribution < 1.29 is 19.4 Å². The Bertz CT molecular complexity index is 877. The predicted molar refractivity (Wildman–Crippen MR) is 98.6 cm³/mol. The van der Waals surface area contributed by atoms with Crippen molar-refractivity contribution >= 4 is 32.9 Å². The number of aromatic hydroxyl groups is 1. The lowest BCUT2D eigenvalue weighted by Gasteiger charge is -2.27. The van der Waals surface area contributed by atoms with Gasteiger partial charge in [-0.25, -0.2) is 9.78 Å². The molecule has 0 saturated carbocycles. The molecule has 8 nitrogen and oxygen atoms in total. The number of carbonyl (C=O) groups excluding carboxylic acids is 1. The van der Waals surface area contributed by atoms with E-state index in [9.17, 15) is 14.7 Å². The monoisotopic (exact) mass is 425 g/mol. The number of ether oxygens (including phenoxy) is 2. The highest BCUT2D eigenvalue weighted by molar-refractivity contribution is 9.10. The fourth-order valence-electron chi connectivity index (χ4n) is 2.95. The summed E-state index contributed by atoms with van der Waals surface area (Å²) in [7, 11) is 0. The molecule has 0 aliphatic carbocycles. The van der Waals surface area contributed by atoms with Gasteiger partial charge in [0.25, 0.3) is 5.56 Å². The van der Waals surface area contributed by atoms with E-state index in [1.54, 1.807) is 19.2 Å². The molecular weight excluding hydrogens is 406 g/mol. The van der Waals surface area contributed by atoms with Crippen LogP contribution in [-0.4, -0.2) is 65.0 Å². The zero-order valence-electron chi connectivity index (χ0n) is 14.4. The standard InChI is InChI=1S/C17H20BrN3O5/c1-2-26-17(24)13-14(22)12-9-11(18)10-19-15(12)21(16(13)23)4-3-20-5-7-25-8-6-20/h9-10,22H,2-8H2,1H3. The number of nitrogens with zero attached hydrogens (tertiary/aromatic N) is 3. The van der Waals surface area contributed by atoms with Crippen LogP contribution < -0.4 is 5.56 Å². The average molecular weight is 426 g/mol. The molecule has 3 rings (SSSR count). The molecule has 2 aromatic rings. The minimum absolute atomic E-state index is 0.111. The summed E-state index contributed by atoms with van der Waals surface area (Å²) in [5, 5.41) is 10.8. The number of hydrogen-bond donors (Lipinski definition) is 1. The molecule has 3 heterocycles. The van der Waals surface area contributed by atoms with Gasteiger partial charge in [0.15, 0.2) is 5.56 Å². The van der Waals surface area contributed by atoms with Gasteiger partial charge in [-0.3, -0.25) is 14.3 Å². The zero-order valence-corrected chi connectivity index (χ0v) is 16.0. The van der Waals surface area contributed by atoms with E-state index in [2.05, 4.69) is 25.8 Å². The van der Waals surface area contributed by atoms with Gasteiger partial charge in [0.2, 0.25) is 0 Å². The molecule has 0 radical (unpaired) electrons. The maximum absolute atomic E-state index is 12.9. The largest absolute Gasteiger partial charge is 0.506 e. The Kier molecular flexibility index (Phi) is 5.90. The normalized spacial score (nSPS) is 15.3. The third-order valence-corrected chi connectivity index (χ3v) is 4.70. The van der Waals surface area contributed by atoms with E-state index in [0.717, 1.165) is 13.1 Å². The number of pyridine rings is 2. The van der Waals surface area contributed by atoms with Crippen LogP contribution in [0, 0.1) is 0 Å². The second-order valence-electron chi connectivity index (χ2n) is 5.88. The SMILES string of the molecule is CCOC(=O)c1c(O)c2cc(Br)cnc2n(CCN2CCOCC2)c1=O. The molecule has 0 unspecified atom stereocenters. The summed E-state index contributed by atoms with van der Waals surface area (Å²) in [4.78, 5) is 31.6. The summed E-state index contributed by atoms with van der Waals surface area (Å²) in [6, 6.07) is 1.63. The maximum atomic E-state index is 12.9. The van der Waals surface area contributed by atoms with Crippen LogP contribution in [0.15, 0.2) is 21.5 Å². The van der Waals surface area contributed by atoms with Crippen molar-refractivity contribution in [1.29, 1.82) is 0 Å². The van der Waals surface area contributed by atoms with Crippen LogP contribution in [0.1, 0.15) is 17.3 Å². The van der Waals surface area contributed by atoms with Gasteiger partial charge in [-0.2, -0.15) is 0 Å². The highest BCUT2D eigenvalue weighted by Crippen LogP contribution is 2.28. The Morgan fingerprint density at radius 3 is 2.81 bits per heavy atom. The Balaban J connectivity index is 2.07. The predicted octanol–water partition coefficient (Wildman–Crippen LogP) is 1.37. The van der Waals surface area contributed by atoms with Crippen molar-refractivity contribution in [3.63, 3.8) is 0 Å². The Labute approximate surface area is 158 Å². The molecule has 26 heavy (non-hydrogen) atoms. The van der Waals surface area contributed by atoms with E-state index < -0.39 is 17.3 Å². The van der Waals surface area contributed by atoms with Gasteiger partial charge in [-0.15, -0.1) is 0 Å². The van der Waals surface area contributed by atoms with Crippen LogP contribution in [0.3, 0.4) is 0 Å². The smallest absolute Gasteiger partial charge is 0.347 e. The van der Waals surface area contributed by atoms with Gasteiger partial charge in [-0.05, 0) is 28.9 Å². The summed E-state index contributed by atoms with van der Waals surface area (Å²) in [6.45, 7) is 5.60. The molecule has 9 heteroatoms. The maximum Gasteiger partial charge on any atom is 0.347 e. The first-order chi connectivity index (χ1) is 12.5. The summed E-state index contributed by atoms with van der Waals surface area (Å²) < 4.78 is 12.3. The van der Waals surface area contributed by atoms with Crippen molar-refractivity contribution in [3.8, 4) is 5.75 Å². The van der Waals surface area contributed by atoms with Crippen LogP contribution in [-0.2, 0) is 16.0 Å². The first kappa shape index (κ1) is 18.8. The van der Waals surface area contributed by atoms with Gasteiger partial charge < -0.3 is 14.6 Å². The van der Waals surface area contributed by atoms with Gasteiger partial charge in [0.05, 0.1) is 25.2 Å². The molecule has 140 valence electrons. The number of carbonyl (C=O) groups is 1. The van der Waals surface area contributed by atoms with Crippen LogP contribution in [0.4, 0.5) is 0 Å². The number of rotatable bonds is 5. The first-order valence-corrected chi connectivity index (χ1v) is 9.20. The van der Waals surface area contributed by atoms with Gasteiger partial charge in [0.1, 0.15) is 11.4 Å². The molecule has 1 N–H and O–H groups in total. The van der Waals surface area contributed by atoms with Gasteiger partial charge in [-0.1, -0.05) is 0 Å². The average Bonchev–Trinajstić information content (AvgIpc) is 2.63. The summed E-state index contributed by atoms with van der Waals surface area (Å²) >= 11 is 3.30. The lowest BCUT2D eigenvalue weighted by Crippen LogP contribution is -2.40. The summed E-state index contributed by atoms with van der Waals surface area (Å²) in [6.07, 6.45) is 1.55. The number of esters is 1. The number of fused-ring (bicyclic) bond motifs is 1. The molecule has 1 fully saturated rings. The van der Waals surface area contributed by atoms with Crippen LogP contribution in [0.2, 0.25) is 0 Å².